The number of fused-ring (bicyclic) bond motifs is 5. The largest absolute Gasteiger partial charge is 0.497 e. The van der Waals surface area contributed by atoms with E-state index in [4.69, 9.17) is 28.1 Å². The Kier molecular flexibility index (Phi) is 21.6. The average Bonchev–Trinajstić information content (AvgIpc) is 2.17. The molecular formula is C67H94F3N4O8P. The molecule has 0 bridgehead atoms. The molecule has 1 saturated heterocycles. The summed E-state index contributed by atoms with van der Waals surface area (Å²) in [5.41, 5.74) is 2.48. The summed E-state index contributed by atoms with van der Waals surface area (Å²) in [4.78, 5) is 36.2. The summed E-state index contributed by atoms with van der Waals surface area (Å²) in [6, 6.07) is 26.0. The SMILES string of the molecule is COc1ccc(C(OC[C@@H]2C[C@@H](OP(OCCC#N)N(C(C)C)C(C)C)CN2C(=O)CCON(C(=O)C(F)(F)F)C2CC[C@@]3(C)C(=CCC4C3CC[C@@]3(C)C4CC[C@@H]3[C@H](C)CCCC(C)C)C2)(c2ccccc2)c2ccc(OC)cc2)cc1. The highest BCUT2D eigenvalue weighted by atomic mass is 31.2. The number of nitrogens with zero attached hydrogens (tertiary/aromatic N) is 4. The Bertz CT molecular complexity index is 2610. The number of rotatable bonds is 26. The number of amides is 2. The molecule has 8 rings (SSSR count). The van der Waals surface area contributed by atoms with Crippen molar-refractivity contribution < 1.29 is 50.9 Å². The van der Waals surface area contributed by atoms with Crippen molar-refractivity contribution in [3.05, 3.63) is 107 Å². The van der Waals surface area contributed by atoms with Crippen molar-refractivity contribution in [2.24, 2.45) is 46.3 Å². The molecule has 12 nitrogen and oxygen atoms in total. The third-order valence-electron chi connectivity index (χ3n) is 19.9. The summed E-state index contributed by atoms with van der Waals surface area (Å²) >= 11 is 0. The first-order valence-electron chi connectivity index (χ1n) is 30.8. The molecule has 4 aliphatic carbocycles. The summed E-state index contributed by atoms with van der Waals surface area (Å²) < 4.78 is 78.0. The van der Waals surface area contributed by atoms with Crippen LogP contribution in [0.2, 0.25) is 0 Å². The van der Waals surface area contributed by atoms with Gasteiger partial charge in [0, 0.05) is 18.6 Å². The standard InChI is InChI=1S/C67H94F3N4O8P/c1-45(2)17-15-18-48(7)59-31-32-60-58-30-25-52-41-53(33-36-64(52,8)61(58)34-37-65(59,60)9)73(63(76)67(68,69)70)80-40-35-62(75)72-43-57(82-83(81-39-16-38-71)74(46(3)4)47(5)6)42-54(72)44-79-66(49-19-13-12-14-20-49,50-21-26-55(77-10)27-22-50)51-23-28-56(78-11)29-24-51/h12-14,19-29,45-48,53-54,57-61H,15-18,30-37,39-44H2,1-11H3/t48-,53?,54+,57-,58?,59-,60?,61?,64+,65-,83?/m1/s1. The second kappa shape index (κ2) is 27.9. The third-order valence-corrected chi connectivity index (χ3v) is 22.0. The fourth-order valence-corrected chi connectivity index (χ4v) is 17.5. The van der Waals surface area contributed by atoms with Gasteiger partial charge in [-0.15, -0.1) is 0 Å². The van der Waals surface area contributed by atoms with Gasteiger partial charge in [-0.2, -0.15) is 18.4 Å². The second-order valence-corrected chi connectivity index (χ2v) is 27.3. The molecule has 83 heavy (non-hydrogen) atoms. The van der Waals surface area contributed by atoms with Gasteiger partial charge in [-0.1, -0.05) is 120 Å². The number of methoxy groups -OCH3 is 2. The van der Waals surface area contributed by atoms with Gasteiger partial charge in [0.1, 0.15) is 17.1 Å². The van der Waals surface area contributed by atoms with Gasteiger partial charge in [0.25, 0.3) is 8.53 Å². The van der Waals surface area contributed by atoms with Gasteiger partial charge in [-0.3, -0.25) is 14.4 Å². The van der Waals surface area contributed by atoms with Crippen LogP contribution in [-0.4, -0.2) is 103 Å². The molecule has 5 aliphatic rings. The molecule has 456 valence electrons. The zero-order valence-corrected chi connectivity index (χ0v) is 52.2. The van der Waals surface area contributed by atoms with Crippen molar-refractivity contribution in [2.75, 3.05) is 40.6 Å². The lowest BCUT2D eigenvalue weighted by Crippen LogP contribution is -2.54. The molecule has 16 heteroatoms. The van der Waals surface area contributed by atoms with Crippen molar-refractivity contribution in [3.63, 3.8) is 0 Å². The van der Waals surface area contributed by atoms with Crippen LogP contribution in [0.25, 0.3) is 0 Å². The van der Waals surface area contributed by atoms with Gasteiger partial charge in [0.15, 0.2) is 0 Å². The molecule has 2 amide bonds. The molecule has 1 aliphatic heterocycles. The number of carbonyl (C=O) groups excluding carboxylic acids is 2. The first-order chi connectivity index (χ1) is 39.6. The number of nitriles is 1. The molecule has 11 atom stereocenters. The highest BCUT2D eigenvalue weighted by Crippen LogP contribution is 2.67. The molecule has 0 N–H and O–H groups in total. The minimum atomic E-state index is -5.19. The Morgan fingerprint density at radius 2 is 1.45 bits per heavy atom. The van der Waals surface area contributed by atoms with E-state index < -0.39 is 51.0 Å². The number of alkyl halides is 3. The maximum Gasteiger partial charge on any atom is 0.473 e. The van der Waals surface area contributed by atoms with E-state index in [2.05, 4.69) is 79.1 Å². The Labute approximate surface area is 495 Å². The Balaban J connectivity index is 1.04. The van der Waals surface area contributed by atoms with Crippen LogP contribution in [-0.2, 0) is 33.8 Å². The van der Waals surface area contributed by atoms with Crippen molar-refractivity contribution in [3.8, 4) is 17.6 Å². The zero-order valence-electron chi connectivity index (χ0n) is 51.3. The van der Waals surface area contributed by atoms with E-state index in [0.717, 1.165) is 41.0 Å². The number of carbonyl (C=O) groups is 2. The molecule has 4 fully saturated rings. The van der Waals surface area contributed by atoms with Crippen LogP contribution in [0.15, 0.2) is 90.5 Å². The Hall–Kier alpha value is -4.55. The molecule has 5 unspecified atom stereocenters. The van der Waals surface area contributed by atoms with Crippen LogP contribution in [0.1, 0.15) is 169 Å². The lowest BCUT2D eigenvalue weighted by Gasteiger charge is -2.59. The number of likely N-dealkylation sites (tertiary alicyclic amines) is 1. The van der Waals surface area contributed by atoms with E-state index in [-0.39, 0.29) is 56.0 Å². The smallest absolute Gasteiger partial charge is 0.473 e. The molecule has 1 heterocycles. The summed E-state index contributed by atoms with van der Waals surface area (Å²) in [6.07, 6.45) is 7.67. The predicted octanol–water partition coefficient (Wildman–Crippen LogP) is 15.4. The van der Waals surface area contributed by atoms with Crippen molar-refractivity contribution in [1.82, 2.24) is 14.6 Å². The van der Waals surface area contributed by atoms with Crippen LogP contribution >= 0.6 is 8.53 Å². The molecule has 3 aromatic rings. The quantitative estimate of drug-likeness (QED) is 0.0252. The van der Waals surface area contributed by atoms with E-state index >= 15 is 0 Å². The van der Waals surface area contributed by atoms with E-state index in [1.165, 1.54) is 38.5 Å². The highest BCUT2D eigenvalue weighted by Gasteiger charge is 2.60. The number of hydrogen-bond donors (Lipinski definition) is 0. The number of ether oxygens (including phenoxy) is 3. The zero-order chi connectivity index (χ0) is 59.9. The topological polar surface area (TPSA) is 123 Å². The number of allylic oxidation sites excluding steroid dienone is 1. The monoisotopic (exact) mass is 1170 g/mol. The fourth-order valence-electron chi connectivity index (χ4n) is 15.8. The Morgan fingerprint density at radius 3 is 2.04 bits per heavy atom. The summed E-state index contributed by atoms with van der Waals surface area (Å²) in [5.74, 6) is 2.62. The number of hydroxylamine groups is 2. The number of hydrogen-bond acceptors (Lipinski definition) is 10. The first-order valence-corrected chi connectivity index (χ1v) is 32.0. The van der Waals surface area contributed by atoms with Crippen molar-refractivity contribution >= 4 is 20.3 Å². The van der Waals surface area contributed by atoms with Gasteiger partial charge < -0.3 is 28.2 Å². The van der Waals surface area contributed by atoms with Crippen molar-refractivity contribution in [1.29, 1.82) is 5.26 Å². The lowest BCUT2D eigenvalue weighted by atomic mass is 9.47. The molecule has 3 aromatic carbocycles. The molecular weight excluding hydrogens is 1080 g/mol. The number of halogens is 3. The lowest BCUT2D eigenvalue weighted by molar-refractivity contribution is -0.243. The van der Waals surface area contributed by atoms with Gasteiger partial charge >= 0.3 is 12.1 Å². The Morgan fingerprint density at radius 1 is 0.807 bits per heavy atom. The third kappa shape index (κ3) is 14.2. The summed E-state index contributed by atoms with van der Waals surface area (Å²) in [6.45, 7) is 20.1. The maximum absolute atomic E-state index is 14.9. The fraction of sp³-hybridized carbons (Fsp3) is 0.657. The molecule has 0 radical (unpaired) electrons. The van der Waals surface area contributed by atoms with Crippen LogP contribution in [0.3, 0.4) is 0 Å². The van der Waals surface area contributed by atoms with Gasteiger partial charge in [-0.05, 0) is 173 Å². The molecule has 0 spiro atoms. The highest BCUT2D eigenvalue weighted by molar-refractivity contribution is 7.44. The van der Waals surface area contributed by atoms with Gasteiger partial charge in [0.2, 0.25) is 5.91 Å². The maximum atomic E-state index is 14.9. The van der Waals surface area contributed by atoms with E-state index in [9.17, 15) is 28.0 Å². The van der Waals surface area contributed by atoms with E-state index in [1.807, 2.05) is 78.9 Å². The predicted molar refractivity (Wildman–Crippen MR) is 319 cm³/mol. The van der Waals surface area contributed by atoms with Crippen LogP contribution in [0, 0.1) is 57.7 Å². The summed E-state index contributed by atoms with van der Waals surface area (Å²) in [7, 11) is 1.52. The van der Waals surface area contributed by atoms with Crippen LogP contribution in [0.5, 0.6) is 11.5 Å². The normalized spacial score (nSPS) is 27.0. The van der Waals surface area contributed by atoms with E-state index in [1.54, 1.807) is 19.1 Å². The summed E-state index contributed by atoms with van der Waals surface area (Å²) in [5, 5.41) is 10.0. The minimum Gasteiger partial charge on any atom is -0.497 e. The average molecular weight is 1170 g/mol. The number of benzene rings is 3. The molecule has 0 aromatic heterocycles. The van der Waals surface area contributed by atoms with Crippen LogP contribution < -0.4 is 9.47 Å². The van der Waals surface area contributed by atoms with Crippen LogP contribution in [0.4, 0.5) is 13.2 Å². The molecule has 3 saturated carbocycles. The first kappa shape index (κ1) is 64.4. The van der Waals surface area contributed by atoms with Crippen molar-refractivity contribution in [2.45, 2.75) is 194 Å². The van der Waals surface area contributed by atoms with Gasteiger partial charge in [0.05, 0.1) is 71.1 Å². The van der Waals surface area contributed by atoms with E-state index in [0.29, 0.717) is 77.3 Å². The minimum absolute atomic E-state index is 0.0132. The second-order valence-electron chi connectivity index (χ2n) is 25.9. The van der Waals surface area contributed by atoms with Gasteiger partial charge in [-0.25, -0.2) is 9.73 Å².